The average Bonchev–Trinajstić information content (AvgIpc) is 2.87. The highest BCUT2D eigenvalue weighted by molar-refractivity contribution is 6.03. The first-order chi connectivity index (χ1) is 17.8. The van der Waals surface area contributed by atoms with Crippen LogP contribution in [0.15, 0.2) is 29.8 Å². The number of allylic oxidation sites excluding steroid dienone is 1. The summed E-state index contributed by atoms with van der Waals surface area (Å²) in [6.07, 6.45) is 2.03. The number of rotatable bonds is 16. The van der Waals surface area contributed by atoms with E-state index in [1.165, 1.54) is 0 Å². The molecule has 0 saturated heterocycles. The predicted octanol–water partition coefficient (Wildman–Crippen LogP) is 6.72. The molecule has 0 saturated carbocycles. The summed E-state index contributed by atoms with van der Waals surface area (Å²) in [5.41, 5.74) is 1.89. The zero-order valence-electron chi connectivity index (χ0n) is 23.9. The molecule has 0 aromatic heterocycles. The van der Waals surface area contributed by atoms with Crippen molar-refractivity contribution in [2.45, 2.75) is 67.9 Å². The van der Waals surface area contributed by atoms with Gasteiger partial charge in [0.1, 0.15) is 29.1 Å². The van der Waals surface area contributed by atoms with Gasteiger partial charge in [-0.15, -0.1) is 0 Å². The van der Waals surface area contributed by atoms with E-state index in [4.69, 9.17) is 23.7 Å². The average molecular weight is 516 g/mol. The van der Waals surface area contributed by atoms with Crippen LogP contribution in [0.2, 0.25) is 0 Å². The second-order valence-electron chi connectivity index (χ2n) is 8.79. The maximum absolute atomic E-state index is 13.1. The molecule has 2 rings (SSSR count). The van der Waals surface area contributed by atoms with E-state index >= 15 is 0 Å². The normalized spacial score (nSPS) is 11.8. The minimum Gasteiger partial charge on any atom is -0.493 e. The molecular weight excluding hydrogens is 470 g/mol. The van der Waals surface area contributed by atoms with Crippen molar-refractivity contribution >= 4 is 16.7 Å². The third-order valence-corrected chi connectivity index (χ3v) is 5.95. The molecule has 0 N–H and O–H groups in total. The molecule has 2 aromatic carbocycles. The van der Waals surface area contributed by atoms with Crippen molar-refractivity contribution in [2.75, 3.05) is 46.1 Å². The molecule has 0 aliphatic heterocycles. The van der Waals surface area contributed by atoms with Gasteiger partial charge in [0.25, 0.3) is 0 Å². The Balaban J connectivity index is 2.84. The van der Waals surface area contributed by atoms with Gasteiger partial charge in [-0.25, -0.2) is 0 Å². The van der Waals surface area contributed by atoms with E-state index in [-0.39, 0.29) is 12.5 Å². The van der Waals surface area contributed by atoms with Crippen molar-refractivity contribution in [3.8, 4) is 23.0 Å². The smallest absolute Gasteiger partial charge is 0.320 e. The zero-order valence-corrected chi connectivity index (χ0v) is 23.9. The lowest BCUT2D eigenvalue weighted by Gasteiger charge is -2.26. The van der Waals surface area contributed by atoms with Gasteiger partial charge >= 0.3 is 5.97 Å². The Morgan fingerprint density at radius 3 is 1.86 bits per heavy atom. The highest BCUT2D eigenvalue weighted by Gasteiger charge is 2.28. The molecule has 0 amide bonds. The Bertz CT molecular complexity index is 1040. The van der Waals surface area contributed by atoms with E-state index in [2.05, 4.69) is 6.08 Å². The van der Waals surface area contributed by atoms with Crippen LogP contribution in [0.4, 0.5) is 0 Å². The van der Waals surface area contributed by atoms with E-state index in [0.29, 0.717) is 55.8 Å². The van der Waals surface area contributed by atoms with E-state index < -0.39 is 6.10 Å². The molecule has 1 atom stereocenters. The molecule has 0 heterocycles. The Hall–Kier alpha value is -2.93. The summed E-state index contributed by atoms with van der Waals surface area (Å²) >= 11 is 0. The summed E-state index contributed by atoms with van der Waals surface area (Å²) in [6.45, 7) is 19.6. The summed E-state index contributed by atoms with van der Waals surface area (Å²) in [5, 5.41) is 1.55. The number of carbonyl (C=O) groups excluding carboxylic acids is 1. The molecule has 7 heteroatoms. The summed E-state index contributed by atoms with van der Waals surface area (Å²) in [7, 11) is 0. The molecule has 0 fully saturated rings. The monoisotopic (exact) mass is 515 g/mol. The SMILES string of the molecule is CCOc1ccc(OCC)c2c(OCC)c([C@H](CC=C(C)C)OC(=O)CN(CC)CC)cc(OCC)c12. The van der Waals surface area contributed by atoms with Crippen LogP contribution < -0.4 is 18.9 Å². The van der Waals surface area contributed by atoms with Gasteiger partial charge in [-0.3, -0.25) is 9.69 Å². The van der Waals surface area contributed by atoms with E-state index in [9.17, 15) is 4.79 Å². The Kier molecular flexibility index (Phi) is 12.6. The third-order valence-electron chi connectivity index (χ3n) is 5.95. The van der Waals surface area contributed by atoms with Gasteiger partial charge < -0.3 is 23.7 Å². The summed E-state index contributed by atoms with van der Waals surface area (Å²) in [6, 6.07) is 5.74. The fourth-order valence-electron chi connectivity index (χ4n) is 4.22. The Morgan fingerprint density at radius 2 is 1.35 bits per heavy atom. The van der Waals surface area contributed by atoms with Crippen LogP contribution in [0, 0.1) is 0 Å². The lowest BCUT2D eigenvalue weighted by Crippen LogP contribution is -2.31. The molecular formula is C30H45NO6. The van der Waals surface area contributed by atoms with Gasteiger partial charge in [-0.1, -0.05) is 25.5 Å². The fourth-order valence-corrected chi connectivity index (χ4v) is 4.22. The van der Waals surface area contributed by atoms with Gasteiger partial charge in [0, 0.05) is 12.0 Å². The van der Waals surface area contributed by atoms with Crippen molar-refractivity contribution in [1.29, 1.82) is 0 Å². The zero-order chi connectivity index (χ0) is 27.4. The van der Waals surface area contributed by atoms with Crippen LogP contribution in [0.5, 0.6) is 23.0 Å². The molecule has 7 nitrogen and oxygen atoms in total. The Morgan fingerprint density at radius 1 is 0.811 bits per heavy atom. The fraction of sp³-hybridized carbons (Fsp3) is 0.567. The molecule has 0 spiro atoms. The van der Waals surface area contributed by atoms with E-state index in [0.717, 1.165) is 35.0 Å². The van der Waals surface area contributed by atoms with Crippen molar-refractivity contribution in [2.24, 2.45) is 0 Å². The number of esters is 1. The third kappa shape index (κ3) is 8.03. The number of benzene rings is 2. The van der Waals surface area contributed by atoms with Crippen molar-refractivity contribution in [3.63, 3.8) is 0 Å². The highest BCUT2D eigenvalue weighted by atomic mass is 16.5. The molecule has 206 valence electrons. The quantitative estimate of drug-likeness (QED) is 0.182. The van der Waals surface area contributed by atoms with Crippen LogP contribution in [0.3, 0.4) is 0 Å². The predicted molar refractivity (Wildman–Crippen MR) is 149 cm³/mol. The van der Waals surface area contributed by atoms with Gasteiger partial charge in [-0.2, -0.15) is 0 Å². The summed E-state index contributed by atoms with van der Waals surface area (Å²) < 4.78 is 30.6. The molecule has 0 radical (unpaired) electrons. The number of hydrogen-bond acceptors (Lipinski definition) is 7. The largest absolute Gasteiger partial charge is 0.493 e. The van der Waals surface area contributed by atoms with Crippen molar-refractivity contribution in [3.05, 3.63) is 35.4 Å². The number of carbonyl (C=O) groups is 1. The van der Waals surface area contributed by atoms with Crippen molar-refractivity contribution in [1.82, 2.24) is 4.90 Å². The number of ether oxygens (including phenoxy) is 5. The number of likely N-dealkylation sites (N-methyl/N-ethyl adjacent to an activating group) is 1. The van der Waals surface area contributed by atoms with Crippen LogP contribution in [0.1, 0.15) is 73.5 Å². The van der Waals surface area contributed by atoms with Crippen LogP contribution in [-0.2, 0) is 9.53 Å². The maximum Gasteiger partial charge on any atom is 0.320 e. The molecule has 0 aliphatic carbocycles. The van der Waals surface area contributed by atoms with Gasteiger partial charge in [-0.05, 0) is 72.8 Å². The molecule has 37 heavy (non-hydrogen) atoms. The van der Waals surface area contributed by atoms with Gasteiger partial charge in [0.15, 0.2) is 0 Å². The summed E-state index contributed by atoms with van der Waals surface area (Å²) in [5.74, 6) is 2.35. The van der Waals surface area contributed by atoms with Crippen LogP contribution in [0.25, 0.3) is 10.8 Å². The number of fused-ring (bicyclic) bond motifs is 1. The van der Waals surface area contributed by atoms with Gasteiger partial charge in [0.2, 0.25) is 0 Å². The van der Waals surface area contributed by atoms with Crippen LogP contribution >= 0.6 is 0 Å². The first-order valence-corrected chi connectivity index (χ1v) is 13.5. The number of nitrogens with zero attached hydrogens (tertiary/aromatic N) is 1. The van der Waals surface area contributed by atoms with Crippen LogP contribution in [-0.4, -0.2) is 56.9 Å². The molecule has 0 aliphatic rings. The first-order valence-electron chi connectivity index (χ1n) is 13.5. The van der Waals surface area contributed by atoms with Crippen molar-refractivity contribution < 1.29 is 28.5 Å². The molecule has 2 aromatic rings. The molecule has 0 bridgehead atoms. The lowest BCUT2D eigenvalue weighted by molar-refractivity contribution is -0.150. The summed E-state index contributed by atoms with van der Waals surface area (Å²) in [4.78, 5) is 15.1. The van der Waals surface area contributed by atoms with Gasteiger partial charge in [0.05, 0.1) is 43.7 Å². The second-order valence-corrected chi connectivity index (χ2v) is 8.79. The number of hydrogen-bond donors (Lipinski definition) is 0. The minimum atomic E-state index is -0.562. The second kappa shape index (κ2) is 15.4. The maximum atomic E-state index is 13.1. The van der Waals surface area contributed by atoms with E-state index in [1.807, 2.05) is 78.5 Å². The first kappa shape index (κ1) is 30.3. The molecule has 0 unspecified atom stereocenters. The minimum absolute atomic E-state index is 0.229. The lowest BCUT2D eigenvalue weighted by atomic mass is 9.96. The highest BCUT2D eigenvalue weighted by Crippen LogP contribution is 2.49. The Labute approximate surface area is 222 Å². The van der Waals surface area contributed by atoms with E-state index in [1.54, 1.807) is 0 Å². The topological polar surface area (TPSA) is 66.5 Å². The standard InChI is InChI=1S/C30H45NO6/c1-9-31(10-2)20-27(32)37-23(16-15-21(7)8)22-19-26(35-13-5)28-24(33-11-3)17-18-25(34-12-4)29(28)30(22)36-14-6/h15,17-19,23H,9-14,16,20H2,1-8H3/t23-/m0/s1.